The van der Waals surface area contributed by atoms with Crippen molar-refractivity contribution in [3.05, 3.63) is 53.1 Å². The first-order valence-corrected chi connectivity index (χ1v) is 6.96. The van der Waals surface area contributed by atoms with Crippen LogP contribution in [0.2, 0.25) is 5.02 Å². The predicted octanol–water partition coefficient (Wildman–Crippen LogP) is 4.19. The largest absolute Gasteiger partial charge is 0.495 e. The highest BCUT2D eigenvalue weighted by molar-refractivity contribution is 6.32. The van der Waals surface area contributed by atoms with E-state index in [1.807, 2.05) is 37.3 Å². The molecule has 0 fully saturated rings. The summed E-state index contributed by atoms with van der Waals surface area (Å²) in [6.45, 7) is 2.62. The minimum atomic E-state index is 0.541. The van der Waals surface area contributed by atoms with Gasteiger partial charge in [-0.25, -0.2) is 0 Å². The molecule has 0 amide bonds. The van der Waals surface area contributed by atoms with Crippen LogP contribution in [0.15, 0.2) is 47.6 Å². The second-order valence-electron chi connectivity index (χ2n) is 4.22. The van der Waals surface area contributed by atoms with E-state index in [-0.39, 0.29) is 0 Å². The fraction of sp³-hybridized carbons (Fsp3) is 0.188. The third-order valence-corrected chi connectivity index (χ3v) is 3.05. The molecular formula is C16H17ClN2O2. The van der Waals surface area contributed by atoms with Crippen LogP contribution in [0.3, 0.4) is 0 Å². The first-order chi connectivity index (χ1) is 10.2. The van der Waals surface area contributed by atoms with Gasteiger partial charge in [-0.1, -0.05) is 11.6 Å². The van der Waals surface area contributed by atoms with Gasteiger partial charge in [0.2, 0.25) is 0 Å². The zero-order valence-corrected chi connectivity index (χ0v) is 12.7. The molecule has 0 saturated heterocycles. The molecule has 0 aromatic heterocycles. The Morgan fingerprint density at radius 3 is 2.57 bits per heavy atom. The smallest absolute Gasteiger partial charge is 0.137 e. The first-order valence-electron chi connectivity index (χ1n) is 6.58. The number of hydrazone groups is 1. The maximum absolute atomic E-state index is 6.04. The average molecular weight is 305 g/mol. The maximum Gasteiger partial charge on any atom is 0.137 e. The van der Waals surface area contributed by atoms with Gasteiger partial charge in [-0.2, -0.15) is 5.10 Å². The lowest BCUT2D eigenvalue weighted by Crippen LogP contribution is -1.93. The number of anilines is 1. The van der Waals surface area contributed by atoms with Crippen LogP contribution in [0, 0.1) is 0 Å². The van der Waals surface area contributed by atoms with Crippen molar-refractivity contribution in [2.24, 2.45) is 5.10 Å². The SMILES string of the molecule is CCOc1ccc(/C=N/Nc2ccc(OC)c(Cl)c2)cc1. The number of benzene rings is 2. The molecule has 0 atom stereocenters. The Morgan fingerprint density at radius 2 is 1.95 bits per heavy atom. The molecule has 21 heavy (non-hydrogen) atoms. The van der Waals surface area contributed by atoms with Crippen molar-refractivity contribution in [3.8, 4) is 11.5 Å². The Balaban J connectivity index is 1.97. The van der Waals surface area contributed by atoms with Crippen LogP contribution in [-0.4, -0.2) is 19.9 Å². The van der Waals surface area contributed by atoms with Crippen LogP contribution < -0.4 is 14.9 Å². The molecule has 0 heterocycles. The second-order valence-corrected chi connectivity index (χ2v) is 4.63. The first kappa shape index (κ1) is 15.2. The van der Waals surface area contributed by atoms with Gasteiger partial charge in [0.25, 0.3) is 0 Å². The minimum absolute atomic E-state index is 0.541. The Labute approximate surface area is 129 Å². The Hall–Kier alpha value is -2.20. The molecule has 0 spiro atoms. The molecule has 0 bridgehead atoms. The molecule has 1 N–H and O–H groups in total. The van der Waals surface area contributed by atoms with E-state index in [4.69, 9.17) is 21.1 Å². The molecule has 2 rings (SSSR count). The lowest BCUT2D eigenvalue weighted by atomic mass is 10.2. The van der Waals surface area contributed by atoms with E-state index in [9.17, 15) is 0 Å². The van der Waals surface area contributed by atoms with Crippen LogP contribution in [0.5, 0.6) is 11.5 Å². The topological polar surface area (TPSA) is 42.8 Å². The lowest BCUT2D eigenvalue weighted by molar-refractivity contribution is 0.340. The van der Waals surface area contributed by atoms with E-state index in [0.717, 1.165) is 17.0 Å². The Bertz CT molecular complexity index is 612. The van der Waals surface area contributed by atoms with Crippen molar-refractivity contribution in [3.63, 3.8) is 0 Å². The van der Waals surface area contributed by atoms with Gasteiger partial charge in [0.1, 0.15) is 11.5 Å². The zero-order valence-electron chi connectivity index (χ0n) is 12.0. The van der Waals surface area contributed by atoms with Crippen molar-refractivity contribution < 1.29 is 9.47 Å². The van der Waals surface area contributed by atoms with Gasteiger partial charge in [0, 0.05) is 0 Å². The van der Waals surface area contributed by atoms with Gasteiger partial charge in [0.05, 0.1) is 30.6 Å². The van der Waals surface area contributed by atoms with Crippen LogP contribution in [0.1, 0.15) is 12.5 Å². The highest BCUT2D eigenvalue weighted by Gasteiger charge is 2.00. The highest BCUT2D eigenvalue weighted by atomic mass is 35.5. The molecule has 2 aromatic rings. The molecular weight excluding hydrogens is 288 g/mol. The third kappa shape index (κ3) is 4.39. The molecule has 0 aliphatic carbocycles. The molecule has 0 unspecified atom stereocenters. The quantitative estimate of drug-likeness (QED) is 0.642. The van der Waals surface area contributed by atoms with Gasteiger partial charge < -0.3 is 9.47 Å². The summed E-state index contributed by atoms with van der Waals surface area (Å²) in [5.74, 6) is 1.49. The molecule has 0 saturated carbocycles. The zero-order chi connectivity index (χ0) is 15.1. The van der Waals surface area contributed by atoms with Crippen LogP contribution >= 0.6 is 11.6 Å². The molecule has 0 aliphatic heterocycles. The van der Waals surface area contributed by atoms with E-state index in [1.54, 1.807) is 25.5 Å². The summed E-state index contributed by atoms with van der Waals surface area (Å²) < 4.78 is 10.5. The van der Waals surface area contributed by atoms with Crippen molar-refractivity contribution in [1.29, 1.82) is 0 Å². The third-order valence-electron chi connectivity index (χ3n) is 2.75. The predicted molar refractivity (Wildman–Crippen MR) is 86.8 cm³/mol. The molecule has 0 aliphatic rings. The van der Waals surface area contributed by atoms with Crippen LogP contribution in [0.25, 0.3) is 0 Å². The summed E-state index contributed by atoms with van der Waals surface area (Å²) in [5, 5.41) is 4.71. The second kappa shape index (κ2) is 7.55. The van der Waals surface area contributed by atoms with E-state index in [1.165, 1.54) is 0 Å². The van der Waals surface area contributed by atoms with E-state index in [0.29, 0.717) is 17.4 Å². The van der Waals surface area contributed by atoms with Crippen molar-refractivity contribution >= 4 is 23.5 Å². The minimum Gasteiger partial charge on any atom is -0.495 e. The van der Waals surface area contributed by atoms with Crippen molar-refractivity contribution in [1.82, 2.24) is 0 Å². The molecule has 0 radical (unpaired) electrons. The number of rotatable bonds is 6. The average Bonchev–Trinajstić information content (AvgIpc) is 2.49. The van der Waals surface area contributed by atoms with E-state index in [2.05, 4.69) is 10.5 Å². The summed E-state index contributed by atoms with van der Waals surface area (Å²) in [6.07, 6.45) is 1.73. The molecule has 5 heteroatoms. The summed E-state index contributed by atoms with van der Waals surface area (Å²) in [5.41, 5.74) is 4.70. The van der Waals surface area contributed by atoms with E-state index >= 15 is 0 Å². The number of ether oxygens (including phenoxy) is 2. The monoisotopic (exact) mass is 304 g/mol. The number of halogens is 1. The Kier molecular flexibility index (Phi) is 5.46. The number of nitrogens with zero attached hydrogens (tertiary/aromatic N) is 1. The number of hydrogen-bond donors (Lipinski definition) is 1. The number of hydrogen-bond acceptors (Lipinski definition) is 4. The number of nitrogens with one attached hydrogen (secondary N) is 1. The molecule has 2 aromatic carbocycles. The molecule has 110 valence electrons. The Morgan fingerprint density at radius 1 is 1.19 bits per heavy atom. The normalized spacial score (nSPS) is 10.6. The van der Waals surface area contributed by atoms with Crippen molar-refractivity contribution in [2.75, 3.05) is 19.1 Å². The fourth-order valence-electron chi connectivity index (χ4n) is 1.73. The standard InChI is InChI=1S/C16H17ClN2O2/c1-3-21-14-7-4-12(5-8-14)11-18-19-13-6-9-16(20-2)15(17)10-13/h4-11,19H,3H2,1-2H3/b18-11+. The summed E-state index contributed by atoms with van der Waals surface area (Å²) in [6, 6.07) is 13.1. The van der Waals surface area contributed by atoms with Gasteiger partial charge in [-0.05, 0) is 55.0 Å². The van der Waals surface area contributed by atoms with Gasteiger partial charge in [-0.3, -0.25) is 5.43 Å². The fourth-order valence-corrected chi connectivity index (χ4v) is 1.99. The lowest BCUT2D eigenvalue weighted by Gasteiger charge is -2.05. The number of methoxy groups -OCH3 is 1. The maximum atomic E-state index is 6.04. The summed E-state index contributed by atoms with van der Waals surface area (Å²) in [7, 11) is 1.58. The van der Waals surface area contributed by atoms with Gasteiger partial charge in [0.15, 0.2) is 0 Å². The van der Waals surface area contributed by atoms with Crippen molar-refractivity contribution in [2.45, 2.75) is 6.92 Å². The molecule has 4 nitrogen and oxygen atoms in total. The van der Waals surface area contributed by atoms with Crippen LogP contribution in [-0.2, 0) is 0 Å². The summed E-state index contributed by atoms with van der Waals surface area (Å²) >= 11 is 6.04. The van der Waals surface area contributed by atoms with Crippen LogP contribution in [0.4, 0.5) is 5.69 Å². The highest BCUT2D eigenvalue weighted by Crippen LogP contribution is 2.27. The summed E-state index contributed by atoms with van der Waals surface area (Å²) in [4.78, 5) is 0. The van der Waals surface area contributed by atoms with E-state index < -0.39 is 0 Å². The van der Waals surface area contributed by atoms with Gasteiger partial charge >= 0.3 is 0 Å². The van der Waals surface area contributed by atoms with Gasteiger partial charge in [-0.15, -0.1) is 0 Å².